The van der Waals surface area contributed by atoms with Gasteiger partial charge in [0, 0.05) is 31.2 Å². The van der Waals surface area contributed by atoms with Crippen molar-refractivity contribution in [1.29, 1.82) is 0 Å². The maximum atomic E-state index is 4.41. The fourth-order valence-corrected chi connectivity index (χ4v) is 2.68. The molecule has 2 rings (SSSR count). The van der Waals surface area contributed by atoms with Crippen LogP contribution in [0.25, 0.3) is 0 Å². The van der Waals surface area contributed by atoms with Crippen LogP contribution in [0.4, 0.5) is 0 Å². The number of halogens is 1. The van der Waals surface area contributed by atoms with Crippen LogP contribution in [0.15, 0.2) is 12.3 Å². The first-order valence-electron chi connectivity index (χ1n) is 5.50. The molecule has 0 saturated carbocycles. The second kappa shape index (κ2) is 4.66. The maximum absolute atomic E-state index is 4.41. The van der Waals surface area contributed by atoms with Crippen molar-refractivity contribution < 1.29 is 0 Å². The van der Waals surface area contributed by atoms with E-state index in [1.165, 1.54) is 18.7 Å². The Kier molecular flexibility index (Phi) is 3.46. The normalized spacial score (nSPS) is 28.2. The van der Waals surface area contributed by atoms with Crippen molar-refractivity contribution >= 4 is 15.9 Å². The number of aromatic nitrogens is 2. The molecule has 1 aromatic rings. The molecule has 1 aliphatic heterocycles. The summed E-state index contributed by atoms with van der Waals surface area (Å²) in [4.78, 5) is 3.11. The summed E-state index contributed by atoms with van der Waals surface area (Å²) in [5.41, 5.74) is 1.17. The Morgan fingerprint density at radius 3 is 3.00 bits per heavy atom. The zero-order valence-corrected chi connectivity index (χ0v) is 10.9. The second-order valence-electron chi connectivity index (χ2n) is 4.50. The molecule has 2 atom stereocenters. The van der Waals surface area contributed by atoms with Crippen LogP contribution in [-0.2, 0) is 13.6 Å². The SMILES string of the molecule is CC1CCN(Cc2ccn(C)n2)CC1Br. The molecule has 3 nitrogen and oxygen atoms in total. The van der Waals surface area contributed by atoms with Gasteiger partial charge in [0.05, 0.1) is 5.69 Å². The van der Waals surface area contributed by atoms with Gasteiger partial charge in [-0.1, -0.05) is 22.9 Å². The summed E-state index contributed by atoms with van der Waals surface area (Å²) < 4.78 is 1.87. The molecule has 0 radical (unpaired) electrons. The third kappa shape index (κ3) is 2.82. The van der Waals surface area contributed by atoms with Crippen molar-refractivity contribution in [2.75, 3.05) is 13.1 Å². The van der Waals surface area contributed by atoms with Gasteiger partial charge >= 0.3 is 0 Å². The fraction of sp³-hybridized carbons (Fsp3) is 0.727. The van der Waals surface area contributed by atoms with Gasteiger partial charge in [-0.05, 0) is 24.9 Å². The second-order valence-corrected chi connectivity index (χ2v) is 5.67. The van der Waals surface area contributed by atoms with Crippen LogP contribution in [0.5, 0.6) is 0 Å². The third-order valence-corrected chi connectivity index (χ3v) is 4.30. The van der Waals surface area contributed by atoms with Gasteiger partial charge in [-0.15, -0.1) is 0 Å². The number of nitrogens with zero attached hydrogens (tertiary/aromatic N) is 3. The number of alkyl halides is 1. The largest absolute Gasteiger partial charge is 0.296 e. The van der Waals surface area contributed by atoms with E-state index in [9.17, 15) is 0 Å². The van der Waals surface area contributed by atoms with E-state index in [2.05, 4.69) is 38.9 Å². The molecule has 0 bridgehead atoms. The molecule has 0 N–H and O–H groups in total. The van der Waals surface area contributed by atoms with E-state index in [1.807, 2.05) is 17.9 Å². The number of aryl methyl sites for hydroxylation is 1. The number of hydrogen-bond donors (Lipinski definition) is 0. The van der Waals surface area contributed by atoms with Crippen LogP contribution in [0.2, 0.25) is 0 Å². The molecule has 0 aromatic carbocycles. The van der Waals surface area contributed by atoms with Crippen molar-refractivity contribution in [3.8, 4) is 0 Å². The standard InChI is InChI=1S/C11H18BrN3/c1-9-3-6-15(8-11(9)12)7-10-4-5-14(2)13-10/h4-5,9,11H,3,6-8H2,1-2H3. The molecule has 2 unspecified atom stereocenters. The zero-order chi connectivity index (χ0) is 10.8. The smallest absolute Gasteiger partial charge is 0.0764 e. The number of hydrogen-bond acceptors (Lipinski definition) is 2. The van der Waals surface area contributed by atoms with Crippen LogP contribution in [0.1, 0.15) is 19.0 Å². The van der Waals surface area contributed by atoms with E-state index in [1.54, 1.807) is 0 Å². The van der Waals surface area contributed by atoms with Crippen LogP contribution >= 0.6 is 15.9 Å². The molecule has 1 aliphatic rings. The Hall–Kier alpha value is -0.350. The summed E-state index contributed by atoms with van der Waals surface area (Å²) in [6.45, 7) is 5.63. The van der Waals surface area contributed by atoms with Gasteiger partial charge in [-0.25, -0.2) is 0 Å². The average molecular weight is 272 g/mol. The highest BCUT2D eigenvalue weighted by atomic mass is 79.9. The zero-order valence-electron chi connectivity index (χ0n) is 9.36. The Labute approximate surface area is 99.6 Å². The fourth-order valence-electron chi connectivity index (χ4n) is 2.01. The molecule has 0 amide bonds. The molecular weight excluding hydrogens is 254 g/mol. The lowest BCUT2D eigenvalue weighted by Gasteiger charge is -2.33. The van der Waals surface area contributed by atoms with Crippen molar-refractivity contribution in [3.63, 3.8) is 0 Å². The summed E-state index contributed by atoms with van der Waals surface area (Å²) >= 11 is 3.75. The lowest BCUT2D eigenvalue weighted by atomic mass is 9.99. The van der Waals surface area contributed by atoms with Gasteiger partial charge in [0.15, 0.2) is 0 Å². The van der Waals surface area contributed by atoms with Crippen molar-refractivity contribution in [1.82, 2.24) is 14.7 Å². The number of piperidine rings is 1. The van der Waals surface area contributed by atoms with Gasteiger partial charge in [-0.3, -0.25) is 9.58 Å². The summed E-state index contributed by atoms with van der Waals surface area (Å²) in [6, 6.07) is 2.10. The minimum absolute atomic E-state index is 0.634. The highest BCUT2D eigenvalue weighted by Crippen LogP contribution is 2.23. The molecule has 2 heterocycles. The molecule has 1 fully saturated rings. The lowest BCUT2D eigenvalue weighted by Crippen LogP contribution is -2.39. The monoisotopic (exact) mass is 271 g/mol. The Morgan fingerprint density at radius 2 is 2.40 bits per heavy atom. The van der Waals surface area contributed by atoms with E-state index in [0.717, 1.165) is 19.0 Å². The van der Waals surface area contributed by atoms with Crippen molar-refractivity contribution in [2.24, 2.45) is 13.0 Å². The quantitative estimate of drug-likeness (QED) is 0.768. The molecule has 84 valence electrons. The summed E-state index contributed by atoms with van der Waals surface area (Å²) in [6.07, 6.45) is 3.29. The molecule has 4 heteroatoms. The summed E-state index contributed by atoms with van der Waals surface area (Å²) in [7, 11) is 1.97. The van der Waals surface area contributed by atoms with E-state index in [4.69, 9.17) is 0 Å². The van der Waals surface area contributed by atoms with Gasteiger partial charge in [0.2, 0.25) is 0 Å². The molecule has 0 spiro atoms. The minimum atomic E-state index is 0.634. The highest BCUT2D eigenvalue weighted by molar-refractivity contribution is 9.09. The first-order chi connectivity index (χ1) is 7.15. The lowest BCUT2D eigenvalue weighted by molar-refractivity contribution is 0.191. The van der Waals surface area contributed by atoms with E-state index in [-0.39, 0.29) is 0 Å². The maximum Gasteiger partial charge on any atom is 0.0764 e. The Balaban J connectivity index is 1.90. The molecule has 15 heavy (non-hydrogen) atoms. The van der Waals surface area contributed by atoms with Gasteiger partial charge in [-0.2, -0.15) is 5.10 Å². The first-order valence-corrected chi connectivity index (χ1v) is 6.41. The predicted molar refractivity (Wildman–Crippen MR) is 65.0 cm³/mol. The average Bonchev–Trinajstić information content (AvgIpc) is 2.58. The third-order valence-electron chi connectivity index (χ3n) is 3.11. The molecular formula is C11H18BrN3. The van der Waals surface area contributed by atoms with Crippen LogP contribution in [0.3, 0.4) is 0 Å². The predicted octanol–water partition coefficient (Wildman–Crippen LogP) is 2.03. The Bertz CT molecular complexity index is 323. The van der Waals surface area contributed by atoms with Gasteiger partial charge < -0.3 is 0 Å². The van der Waals surface area contributed by atoms with Crippen molar-refractivity contribution in [2.45, 2.75) is 24.7 Å². The number of rotatable bonds is 2. The first kappa shape index (κ1) is 11.1. The number of likely N-dealkylation sites (tertiary alicyclic amines) is 1. The van der Waals surface area contributed by atoms with Crippen LogP contribution in [0, 0.1) is 5.92 Å². The van der Waals surface area contributed by atoms with Gasteiger partial charge in [0.25, 0.3) is 0 Å². The van der Waals surface area contributed by atoms with Crippen LogP contribution in [-0.4, -0.2) is 32.6 Å². The molecule has 1 aromatic heterocycles. The summed E-state index contributed by atoms with van der Waals surface area (Å²) in [5.74, 6) is 0.796. The summed E-state index contributed by atoms with van der Waals surface area (Å²) in [5, 5.41) is 4.41. The van der Waals surface area contributed by atoms with Gasteiger partial charge in [0.1, 0.15) is 0 Å². The van der Waals surface area contributed by atoms with E-state index >= 15 is 0 Å². The minimum Gasteiger partial charge on any atom is -0.296 e. The van der Waals surface area contributed by atoms with Crippen LogP contribution < -0.4 is 0 Å². The molecule has 0 aliphatic carbocycles. The highest BCUT2D eigenvalue weighted by Gasteiger charge is 2.24. The topological polar surface area (TPSA) is 21.1 Å². The van der Waals surface area contributed by atoms with Crippen molar-refractivity contribution in [3.05, 3.63) is 18.0 Å². The van der Waals surface area contributed by atoms with E-state index in [0.29, 0.717) is 4.83 Å². The Morgan fingerprint density at radius 1 is 1.60 bits per heavy atom. The molecule has 1 saturated heterocycles. The van der Waals surface area contributed by atoms with E-state index < -0.39 is 0 Å².